The summed E-state index contributed by atoms with van der Waals surface area (Å²) in [6.45, 7) is 5.86. The predicted molar refractivity (Wildman–Crippen MR) is 95.1 cm³/mol. The zero-order chi connectivity index (χ0) is 16.7. The fraction of sp³-hybridized carbons (Fsp3) is 0.235. The van der Waals surface area contributed by atoms with Crippen molar-refractivity contribution in [1.29, 1.82) is 0 Å². The molecule has 1 aliphatic heterocycles. The van der Waals surface area contributed by atoms with Crippen molar-refractivity contribution < 1.29 is 4.79 Å². The maximum absolute atomic E-state index is 12.8. The van der Waals surface area contributed by atoms with Crippen LogP contribution in [0.4, 0.5) is 5.69 Å². The molecular formula is C17H18N4OS. The molecule has 0 aliphatic carbocycles. The molecule has 1 aromatic heterocycles. The Morgan fingerprint density at radius 2 is 1.91 bits per heavy atom. The summed E-state index contributed by atoms with van der Waals surface area (Å²) in [5, 5.41) is 7.80. The van der Waals surface area contributed by atoms with Crippen LogP contribution in [0.3, 0.4) is 0 Å². The Kier molecular flexibility index (Phi) is 3.77. The third kappa shape index (κ3) is 2.55. The topological polar surface area (TPSA) is 50.2 Å². The Balaban J connectivity index is 2.02. The molecule has 5 nitrogen and oxygen atoms in total. The van der Waals surface area contributed by atoms with Gasteiger partial charge in [0.15, 0.2) is 5.11 Å². The summed E-state index contributed by atoms with van der Waals surface area (Å²) in [6, 6.07) is 7.69. The van der Waals surface area contributed by atoms with Gasteiger partial charge < -0.3 is 5.32 Å². The van der Waals surface area contributed by atoms with Crippen LogP contribution in [0.25, 0.3) is 6.08 Å². The second kappa shape index (κ2) is 5.62. The molecule has 1 saturated heterocycles. The molecular weight excluding hydrogens is 308 g/mol. The van der Waals surface area contributed by atoms with E-state index in [0.717, 1.165) is 28.2 Å². The molecule has 1 fully saturated rings. The molecule has 23 heavy (non-hydrogen) atoms. The minimum Gasteiger partial charge on any atom is -0.327 e. The number of anilines is 1. The van der Waals surface area contributed by atoms with E-state index in [1.165, 1.54) is 4.90 Å². The van der Waals surface area contributed by atoms with Crippen LogP contribution in [0.2, 0.25) is 0 Å². The molecule has 3 rings (SSSR count). The highest BCUT2D eigenvalue weighted by atomic mass is 32.1. The highest BCUT2D eigenvalue weighted by Crippen LogP contribution is 2.26. The van der Waals surface area contributed by atoms with Gasteiger partial charge in [0.1, 0.15) is 5.70 Å². The number of benzene rings is 1. The molecule has 2 aromatic rings. The van der Waals surface area contributed by atoms with E-state index >= 15 is 0 Å². The quantitative estimate of drug-likeness (QED) is 0.681. The molecule has 0 radical (unpaired) electrons. The number of aromatic nitrogens is 2. The van der Waals surface area contributed by atoms with Crippen molar-refractivity contribution in [2.75, 3.05) is 4.90 Å². The Hall–Kier alpha value is -2.47. The van der Waals surface area contributed by atoms with E-state index in [4.69, 9.17) is 12.2 Å². The molecule has 0 atom stereocenters. The van der Waals surface area contributed by atoms with Crippen LogP contribution < -0.4 is 10.2 Å². The average Bonchev–Trinajstić information content (AvgIpc) is 2.91. The molecule has 2 heterocycles. The first-order valence-corrected chi connectivity index (χ1v) is 7.74. The van der Waals surface area contributed by atoms with Gasteiger partial charge in [-0.3, -0.25) is 14.4 Å². The van der Waals surface area contributed by atoms with E-state index in [2.05, 4.69) is 10.4 Å². The van der Waals surface area contributed by atoms with Crippen molar-refractivity contribution in [3.8, 4) is 0 Å². The molecule has 1 aromatic carbocycles. The molecule has 1 N–H and O–H groups in total. The van der Waals surface area contributed by atoms with E-state index in [9.17, 15) is 4.79 Å². The number of carbonyl (C=O) groups excluding carboxylic acids is 1. The van der Waals surface area contributed by atoms with Crippen molar-refractivity contribution >= 4 is 35.0 Å². The molecule has 1 amide bonds. The normalized spacial score (nSPS) is 16.3. The standard InChI is InChI=1S/C17H18N4OS/c1-10-7-5-6-8-15(10)21-16(22)14(18-17(21)23)9-13-11(2)19-20(4)12(13)3/h5-9H,1-4H3,(H,18,23)/b14-9+. The van der Waals surface area contributed by atoms with Crippen molar-refractivity contribution in [3.63, 3.8) is 0 Å². The van der Waals surface area contributed by atoms with Gasteiger partial charge in [0, 0.05) is 18.3 Å². The third-order valence-electron chi connectivity index (χ3n) is 4.09. The zero-order valence-corrected chi connectivity index (χ0v) is 14.4. The maximum atomic E-state index is 12.8. The molecule has 118 valence electrons. The fourth-order valence-electron chi connectivity index (χ4n) is 2.71. The third-order valence-corrected chi connectivity index (χ3v) is 4.37. The monoisotopic (exact) mass is 326 g/mol. The van der Waals surface area contributed by atoms with Gasteiger partial charge in [0.05, 0.1) is 11.4 Å². The summed E-state index contributed by atoms with van der Waals surface area (Å²) in [5.41, 5.74) is 5.10. The van der Waals surface area contributed by atoms with Gasteiger partial charge in [-0.2, -0.15) is 5.10 Å². The average molecular weight is 326 g/mol. The van der Waals surface area contributed by atoms with Crippen molar-refractivity contribution in [1.82, 2.24) is 15.1 Å². The number of amides is 1. The molecule has 0 spiro atoms. The molecule has 0 bridgehead atoms. The lowest BCUT2D eigenvalue weighted by Crippen LogP contribution is -2.30. The van der Waals surface area contributed by atoms with Gasteiger partial charge >= 0.3 is 0 Å². The van der Waals surface area contributed by atoms with Gasteiger partial charge in [-0.05, 0) is 50.7 Å². The summed E-state index contributed by atoms with van der Waals surface area (Å²) in [6.07, 6.45) is 1.82. The zero-order valence-electron chi connectivity index (χ0n) is 13.5. The van der Waals surface area contributed by atoms with Gasteiger partial charge in [-0.1, -0.05) is 18.2 Å². The Bertz CT molecular complexity index is 850. The van der Waals surface area contributed by atoms with Crippen LogP contribution in [-0.4, -0.2) is 20.8 Å². The highest BCUT2D eigenvalue weighted by molar-refractivity contribution is 7.80. The lowest BCUT2D eigenvalue weighted by molar-refractivity contribution is -0.113. The highest BCUT2D eigenvalue weighted by Gasteiger charge is 2.33. The number of para-hydroxylation sites is 1. The second-order valence-electron chi connectivity index (χ2n) is 5.62. The Morgan fingerprint density at radius 3 is 2.52 bits per heavy atom. The number of aryl methyl sites for hydroxylation is 3. The van der Waals surface area contributed by atoms with E-state index in [1.54, 1.807) is 4.68 Å². The summed E-state index contributed by atoms with van der Waals surface area (Å²) < 4.78 is 1.80. The number of thiocarbonyl (C=S) groups is 1. The first-order chi connectivity index (χ1) is 10.9. The number of hydrogen-bond acceptors (Lipinski definition) is 3. The van der Waals surface area contributed by atoms with E-state index in [1.807, 2.05) is 58.2 Å². The SMILES string of the molecule is Cc1ccccc1N1C(=O)/C(=C\c2c(C)nn(C)c2C)NC1=S. The smallest absolute Gasteiger partial charge is 0.281 e. The first kappa shape index (κ1) is 15.4. The van der Waals surface area contributed by atoms with Gasteiger partial charge in [-0.25, -0.2) is 0 Å². The lowest BCUT2D eigenvalue weighted by atomic mass is 10.1. The summed E-state index contributed by atoms with van der Waals surface area (Å²) in [4.78, 5) is 14.3. The minimum atomic E-state index is -0.146. The number of nitrogens with zero attached hydrogens (tertiary/aromatic N) is 3. The van der Waals surface area contributed by atoms with Crippen molar-refractivity contribution in [3.05, 3.63) is 52.5 Å². The van der Waals surface area contributed by atoms with Gasteiger partial charge in [0.25, 0.3) is 5.91 Å². The minimum absolute atomic E-state index is 0.146. The lowest BCUT2D eigenvalue weighted by Gasteiger charge is -2.16. The number of hydrogen-bond donors (Lipinski definition) is 1. The first-order valence-electron chi connectivity index (χ1n) is 7.33. The van der Waals surface area contributed by atoms with Crippen LogP contribution in [0.1, 0.15) is 22.5 Å². The molecule has 0 unspecified atom stereocenters. The largest absolute Gasteiger partial charge is 0.327 e. The summed E-state index contributed by atoms with van der Waals surface area (Å²) in [7, 11) is 1.89. The molecule has 0 saturated carbocycles. The van der Waals surface area contributed by atoms with E-state index < -0.39 is 0 Å². The van der Waals surface area contributed by atoms with E-state index in [-0.39, 0.29) is 5.91 Å². The van der Waals surface area contributed by atoms with Crippen LogP contribution in [0.15, 0.2) is 30.0 Å². The van der Waals surface area contributed by atoms with E-state index in [0.29, 0.717) is 10.8 Å². The van der Waals surface area contributed by atoms with Crippen LogP contribution in [0, 0.1) is 20.8 Å². The maximum Gasteiger partial charge on any atom is 0.281 e. The van der Waals surface area contributed by atoms with Crippen molar-refractivity contribution in [2.24, 2.45) is 7.05 Å². The Morgan fingerprint density at radius 1 is 1.22 bits per heavy atom. The molecule has 6 heteroatoms. The predicted octanol–water partition coefficient (Wildman–Crippen LogP) is 2.61. The second-order valence-corrected chi connectivity index (χ2v) is 6.01. The summed E-state index contributed by atoms with van der Waals surface area (Å²) >= 11 is 5.36. The molecule has 1 aliphatic rings. The van der Waals surface area contributed by atoms with Gasteiger partial charge in [0.2, 0.25) is 0 Å². The Labute approximate surface area is 140 Å². The fourth-order valence-corrected chi connectivity index (χ4v) is 3.00. The van der Waals surface area contributed by atoms with Gasteiger partial charge in [-0.15, -0.1) is 0 Å². The number of rotatable bonds is 2. The number of nitrogens with one attached hydrogen (secondary N) is 1. The number of carbonyl (C=O) groups is 1. The summed E-state index contributed by atoms with van der Waals surface area (Å²) in [5.74, 6) is -0.146. The van der Waals surface area contributed by atoms with Crippen LogP contribution >= 0.6 is 12.2 Å². The van der Waals surface area contributed by atoms with Crippen LogP contribution in [0.5, 0.6) is 0 Å². The van der Waals surface area contributed by atoms with Crippen LogP contribution in [-0.2, 0) is 11.8 Å². The van der Waals surface area contributed by atoms with Crippen molar-refractivity contribution in [2.45, 2.75) is 20.8 Å².